The van der Waals surface area contributed by atoms with Crippen LogP contribution in [0.15, 0.2) is 18.2 Å². The minimum atomic E-state index is -3.35. The lowest BCUT2D eigenvalue weighted by atomic mass is 10.00. The first-order valence-corrected chi connectivity index (χ1v) is 11.5. The van der Waals surface area contributed by atoms with Crippen LogP contribution in [0.3, 0.4) is 0 Å². The molecule has 2 heterocycles. The van der Waals surface area contributed by atoms with Crippen molar-refractivity contribution < 1.29 is 17.9 Å². The summed E-state index contributed by atoms with van der Waals surface area (Å²) in [6.07, 6.45) is 4.21. The van der Waals surface area contributed by atoms with Crippen LogP contribution >= 0.6 is 0 Å². The van der Waals surface area contributed by atoms with Crippen molar-refractivity contribution >= 4 is 15.9 Å². The van der Waals surface area contributed by atoms with E-state index in [-0.39, 0.29) is 17.7 Å². The third kappa shape index (κ3) is 4.82. The molecule has 1 aromatic rings. The van der Waals surface area contributed by atoms with Crippen LogP contribution in [0.4, 0.5) is 0 Å². The summed E-state index contributed by atoms with van der Waals surface area (Å²) < 4.78 is 33.0. The zero-order valence-corrected chi connectivity index (χ0v) is 17.1. The summed E-state index contributed by atoms with van der Waals surface area (Å²) in [6.45, 7) is 5.77. The van der Waals surface area contributed by atoms with Gasteiger partial charge < -0.3 is 9.64 Å². The molecule has 1 unspecified atom stereocenters. The SMILES string of the molecule is CCOc1ccc2c(c1)CN(S(=O)(=O)CCC1CCCCN1C(C)=O)CC2. The van der Waals surface area contributed by atoms with Crippen LogP contribution in [-0.4, -0.2) is 55.0 Å². The summed E-state index contributed by atoms with van der Waals surface area (Å²) in [5, 5.41) is 0. The van der Waals surface area contributed by atoms with Gasteiger partial charge in [-0.15, -0.1) is 0 Å². The summed E-state index contributed by atoms with van der Waals surface area (Å²) in [7, 11) is -3.35. The average Bonchev–Trinajstić information content (AvgIpc) is 2.66. The maximum atomic E-state index is 12.9. The van der Waals surface area contributed by atoms with E-state index < -0.39 is 10.0 Å². The van der Waals surface area contributed by atoms with Crippen molar-refractivity contribution in [1.82, 2.24) is 9.21 Å². The van der Waals surface area contributed by atoms with Gasteiger partial charge in [-0.25, -0.2) is 8.42 Å². The lowest BCUT2D eigenvalue weighted by Gasteiger charge is -2.36. The number of benzene rings is 1. The van der Waals surface area contributed by atoms with Crippen LogP contribution in [0, 0.1) is 0 Å². The first kappa shape index (κ1) is 20.1. The molecule has 0 saturated carbocycles. The first-order valence-electron chi connectivity index (χ1n) is 9.90. The third-order valence-electron chi connectivity index (χ3n) is 5.60. The fourth-order valence-corrected chi connectivity index (χ4v) is 5.66. The van der Waals surface area contributed by atoms with Crippen LogP contribution in [0.25, 0.3) is 0 Å². The molecule has 150 valence electrons. The van der Waals surface area contributed by atoms with Crippen LogP contribution < -0.4 is 4.74 Å². The van der Waals surface area contributed by atoms with Gasteiger partial charge in [0, 0.05) is 32.6 Å². The second-order valence-corrected chi connectivity index (χ2v) is 9.50. The predicted molar refractivity (Wildman–Crippen MR) is 105 cm³/mol. The molecule has 0 bridgehead atoms. The van der Waals surface area contributed by atoms with E-state index in [0.717, 1.165) is 43.5 Å². The number of hydrogen-bond donors (Lipinski definition) is 0. The van der Waals surface area contributed by atoms with Crippen molar-refractivity contribution in [1.29, 1.82) is 0 Å². The number of ether oxygens (including phenoxy) is 1. The van der Waals surface area contributed by atoms with E-state index in [0.29, 0.717) is 26.1 Å². The Bertz CT molecular complexity index is 778. The Morgan fingerprint density at radius 3 is 2.78 bits per heavy atom. The average molecular weight is 395 g/mol. The standard InChI is InChI=1S/C20H30N2O4S/c1-3-26-20-8-7-17-9-12-21(15-18(17)14-20)27(24,25)13-10-19-6-4-5-11-22(19)16(2)23/h7-8,14,19H,3-6,9-13,15H2,1-2H3. The zero-order valence-electron chi connectivity index (χ0n) is 16.3. The quantitative estimate of drug-likeness (QED) is 0.744. The summed E-state index contributed by atoms with van der Waals surface area (Å²) in [4.78, 5) is 13.7. The highest BCUT2D eigenvalue weighted by Crippen LogP contribution is 2.27. The highest BCUT2D eigenvalue weighted by atomic mass is 32.2. The molecule has 0 N–H and O–H groups in total. The molecule has 1 atom stereocenters. The number of piperidine rings is 1. The van der Waals surface area contributed by atoms with E-state index in [1.54, 1.807) is 11.2 Å². The van der Waals surface area contributed by atoms with Gasteiger partial charge in [0.25, 0.3) is 0 Å². The Hall–Kier alpha value is -1.60. The molecule has 1 saturated heterocycles. The second kappa shape index (κ2) is 8.61. The summed E-state index contributed by atoms with van der Waals surface area (Å²) in [5.41, 5.74) is 2.22. The van der Waals surface area contributed by atoms with Crippen molar-refractivity contribution in [2.75, 3.05) is 25.4 Å². The lowest BCUT2D eigenvalue weighted by Crippen LogP contribution is -2.44. The van der Waals surface area contributed by atoms with Crippen LogP contribution in [0.1, 0.15) is 50.7 Å². The molecule has 1 aromatic carbocycles. The number of carbonyl (C=O) groups excluding carboxylic acids is 1. The summed E-state index contributed by atoms with van der Waals surface area (Å²) >= 11 is 0. The largest absolute Gasteiger partial charge is 0.494 e. The van der Waals surface area contributed by atoms with Crippen LogP contribution in [0.5, 0.6) is 5.75 Å². The molecule has 2 aliphatic rings. The Morgan fingerprint density at radius 1 is 1.22 bits per heavy atom. The Morgan fingerprint density at radius 2 is 2.04 bits per heavy atom. The second-order valence-electron chi connectivity index (χ2n) is 7.41. The molecule has 0 radical (unpaired) electrons. The summed E-state index contributed by atoms with van der Waals surface area (Å²) in [5.74, 6) is 0.935. The Labute approximate surface area is 162 Å². The van der Waals surface area contributed by atoms with E-state index in [4.69, 9.17) is 4.74 Å². The number of nitrogens with zero attached hydrogens (tertiary/aromatic N) is 2. The zero-order chi connectivity index (χ0) is 19.4. The van der Waals surface area contributed by atoms with Gasteiger partial charge in [-0.3, -0.25) is 4.79 Å². The minimum Gasteiger partial charge on any atom is -0.494 e. The molecule has 1 amide bonds. The Kier molecular flexibility index (Phi) is 6.42. The molecule has 6 nitrogen and oxygen atoms in total. The van der Waals surface area contributed by atoms with Crippen molar-refractivity contribution in [3.63, 3.8) is 0 Å². The van der Waals surface area contributed by atoms with E-state index >= 15 is 0 Å². The first-order chi connectivity index (χ1) is 12.9. The number of amides is 1. The van der Waals surface area contributed by atoms with E-state index in [9.17, 15) is 13.2 Å². The molecule has 1 fully saturated rings. The third-order valence-corrected chi connectivity index (χ3v) is 7.45. The highest BCUT2D eigenvalue weighted by Gasteiger charge is 2.30. The Balaban J connectivity index is 1.65. The smallest absolute Gasteiger partial charge is 0.219 e. The van der Waals surface area contributed by atoms with Gasteiger partial charge >= 0.3 is 0 Å². The highest BCUT2D eigenvalue weighted by molar-refractivity contribution is 7.89. The van der Waals surface area contributed by atoms with Crippen molar-refractivity contribution in [2.45, 2.75) is 58.5 Å². The molecule has 0 aliphatic carbocycles. The number of fused-ring (bicyclic) bond motifs is 1. The maximum Gasteiger partial charge on any atom is 0.219 e. The van der Waals surface area contributed by atoms with Crippen molar-refractivity contribution in [2.24, 2.45) is 0 Å². The fraction of sp³-hybridized carbons (Fsp3) is 0.650. The van der Waals surface area contributed by atoms with E-state index in [1.165, 1.54) is 5.56 Å². The van der Waals surface area contributed by atoms with Gasteiger partial charge in [0.05, 0.1) is 12.4 Å². The minimum absolute atomic E-state index is 0.0486. The van der Waals surface area contributed by atoms with Crippen LogP contribution in [0.2, 0.25) is 0 Å². The van der Waals surface area contributed by atoms with E-state index in [2.05, 4.69) is 0 Å². The topological polar surface area (TPSA) is 66.9 Å². The van der Waals surface area contributed by atoms with Gasteiger partial charge in [0.1, 0.15) is 5.75 Å². The van der Waals surface area contributed by atoms with E-state index in [1.807, 2.05) is 30.0 Å². The normalized spacial score (nSPS) is 21.0. The lowest BCUT2D eigenvalue weighted by molar-refractivity contribution is -0.132. The molecule has 3 rings (SSSR count). The van der Waals surface area contributed by atoms with Gasteiger partial charge in [0.15, 0.2) is 0 Å². The predicted octanol–water partition coefficient (Wildman–Crippen LogP) is 2.56. The molecule has 2 aliphatic heterocycles. The number of likely N-dealkylation sites (tertiary alicyclic amines) is 1. The number of hydrogen-bond acceptors (Lipinski definition) is 4. The van der Waals surface area contributed by atoms with Crippen LogP contribution in [-0.2, 0) is 27.8 Å². The number of carbonyl (C=O) groups is 1. The molecular formula is C20H30N2O4S. The monoisotopic (exact) mass is 394 g/mol. The van der Waals surface area contributed by atoms with Gasteiger partial charge in [-0.1, -0.05) is 6.07 Å². The summed E-state index contributed by atoms with van der Waals surface area (Å²) in [6, 6.07) is 6.00. The van der Waals surface area contributed by atoms with Crippen molar-refractivity contribution in [3.05, 3.63) is 29.3 Å². The molecule has 27 heavy (non-hydrogen) atoms. The maximum absolute atomic E-state index is 12.9. The molecular weight excluding hydrogens is 364 g/mol. The number of rotatable bonds is 6. The fourth-order valence-electron chi connectivity index (χ4n) is 4.13. The number of sulfonamides is 1. The van der Waals surface area contributed by atoms with Gasteiger partial charge in [0.2, 0.25) is 15.9 Å². The van der Waals surface area contributed by atoms with Gasteiger partial charge in [-0.05, 0) is 62.3 Å². The van der Waals surface area contributed by atoms with Gasteiger partial charge in [-0.2, -0.15) is 4.31 Å². The van der Waals surface area contributed by atoms with Crippen molar-refractivity contribution in [3.8, 4) is 5.75 Å². The molecule has 0 aromatic heterocycles. The molecule has 7 heteroatoms. The molecule has 0 spiro atoms.